The Bertz CT molecular complexity index is 549. The van der Waals surface area contributed by atoms with Crippen LogP contribution in [0.2, 0.25) is 0 Å². The lowest BCUT2D eigenvalue weighted by molar-refractivity contribution is -0.384. The van der Waals surface area contributed by atoms with E-state index in [0.29, 0.717) is 25.4 Å². The molecular formula is C13H18N4O4. The topological polar surface area (TPSA) is 111 Å². The van der Waals surface area contributed by atoms with Crippen LogP contribution in [-0.4, -0.2) is 48.6 Å². The van der Waals surface area contributed by atoms with Gasteiger partial charge in [0.15, 0.2) is 0 Å². The maximum absolute atomic E-state index is 11.4. The predicted molar refractivity (Wildman–Crippen MR) is 76.9 cm³/mol. The van der Waals surface area contributed by atoms with Crippen LogP contribution in [0.1, 0.15) is 5.56 Å². The lowest BCUT2D eigenvalue weighted by atomic mass is 10.1. The zero-order chi connectivity index (χ0) is 15.4. The van der Waals surface area contributed by atoms with Gasteiger partial charge in [-0.3, -0.25) is 19.8 Å². The van der Waals surface area contributed by atoms with E-state index in [4.69, 9.17) is 10.5 Å². The molecule has 2 rings (SSSR count). The minimum Gasteiger partial charge on any atom is -0.383 e. The van der Waals surface area contributed by atoms with E-state index in [1.165, 1.54) is 6.07 Å². The van der Waals surface area contributed by atoms with Gasteiger partial charge in [-0.25, -0.2) is 0 Å². The second kappa shape index (κ2) is 6.51. The number of amides is 1. The van der Waals surface area contributed by atoms with Crippen molar-refractivity contribution in [3.05, 3.63) is 33.9 Å². The van der Waals surface area contributed by atoms with Crippen molar-refractivity contribution in [1.29, 1.82) is 0 Å². The molecule has 21 heavy (non-hydrogen) atoms. The molecule has 8 heteroatoms. The third-order valence-corrected chi connectivity index (χ3v) is 3.48. The van der Waals surface area contributed by atoms with Gasteiger partial charge in [0, 0.05) is 26.2 Å². The Morgan fingerprint density at radius 1 is 1.62 bits per heavy atom. The molecule has 1 heterocycles. The molecule has 0 bridgehead atoms. The highest BCUT2D eigenvalue weighted by Gasteiger charge is 2.27. The van der Waals surface area contributed by atoms with E-state index in [1.807, 2.05) is 4.90 Å². The van der Waals surface area contributed by atoms with Gasteiger partial charge in [-0.15, -0.1) is 0 Å². The van der Waals surface area contributed by atoms with Crippen LogP contribution in [0.5, 0.6) is 0 Å². The molecule has 1 saturated heterocycles. The molecule has 0 aromatic heterocycles. The molecule has 1 aliphatic rings. The van der Waals surface area contributed by atoms with Gasteiger partial charge >= 0.3 is 0 Å². The van der Waals surface area contributed by atoms with E-state index in [2.05, 4.69) is 5.32 Å². The highest BCUT2D eigenvalue weighted by Crippen LogP contribution is 2.26. The van der Waals surface area contributed by atoms with Crippen LogP contribution in [0.15, 0.2) is 18.2 Å². The fraction of sp³-hybridized carbons (Fsp3) is 0.462. The molecule has 0 saturated carbocycles. The van der Waals surface area contributed by atoms with E-state index < -0.39 is 16.9 Å². The molecular weight excluding hydrogens is 276 g/mol. The van der Waals surface area contributed by atoms with Crippen molar-refractivity contribution in [2.75, 3.05) is 32.1 Å². The lowest BCUT2D eigenvalue weighted by Crippen LogP contribution is -2.51. The number of hydrogen-bond acceptors (Lipinski definition) is 6. The first-order valence-electron chi connectivity index (χ1n) is 6.59. The average Bonchev–Trinajstić information content (AvgIpc) is 2.47. The number of carbonyl (C=O) groups excluding carboxylic acids is 1. The van der Waals surface area contributed by atoms with Crippen molar-refractivity contribution < 1.29 is 14.5 Å². The summed E-state index contributed by atoms with van der Waals surface area (Å²) in [4.78, 5) is 23.8. The van der Waals surface area contributed by atoms with E-state index in [1.54, 1.807) is 19.2 Å². The van der Waals surface area contributed by atoms with Gasteiger partial charge in [0.2, 0.25) is 5.91 Å². The molecule has 3 N–H and O–H groups in total. The van der Waals surface area contributed by atoms with Gasteiger partial charge in [0.1, 0.15) is 11.7 Å². The number of nitrogens with one attached hydrogen (secondary N) is 1. The van der Waals surface area contributed by atoms with Crippen molar-refractivity contribution in [3.8, 4) is 0 Å². The number of ether oxygens (including phenoxy) is 1. The molecule has 0 radical (unpaired) electrons. The van der Waals surface area contributed by atoms with Gasteiger partial charge in [-0.2, -0.15) is 0 Å². The number of nitrogens with two attached hydrogens (primary N) is 1. The monoisotopic (exact) mass is 294 g/mol. The largest absolute Gasteiger partial charge is 0.383 e. The van der Waals surface area contributed by atoms with Gasteiger partial charge in [0.25, 0.3) is 5.69 Å². The number of nitro benzene ring substituents is 1. The van der Waals surface area contributed by atoms with Crippen molar-refractivity contribution in [3.63, 3.8) is 0 Å². The maximum Gasteiger partial charge on any atom is 0.292 e. The maximum atomic E-state index is 11.4. The summed E-state index contributed by atoms with van der Waals surface area (Å²) in [7, 11) is 1.63. The summed E-state index contributed by atoms with van der Waals surface area (Å²) >= 11 is 0. The van der Waals surface area contributed by atoms with Crippen molar-refractivity contribution in [1.82, 2.24) is 4.90 Å². The Labute approximate surface area is 122 Å². The Kier molecular flexibility index (Phi) is 4.71. The number of nitro groups is 1. The summed E-state index contributed by atoms with van der Waals surface area (Å²) in [6.07, 6.45) is 0. The summed E-state index contributed by atoms with van der Waals surface area (Å²) < 4.78 is 5.26. The highest BCUT2D eigenvalue weighted by molar-refractivity contribution is 5.80. The van der Waals surface area contributed by atoms with Crippen molar-refractivity contribution >= 4 is 17.3 Å². The first-order chi connectivity index (χ1) is 10.0. The molecule has 1 atom stereocenters. The Morgan fingerprint density at radius 3 is 3.00 bits per heavy atom. The summed E-state index contributed by atoms with van der Waals surface area (Å²) in [5.74, 6) is -0.426. The van der Waals surface area contributed by atoms with Crippen molar-refractivity contribution in [2.24, 2.45) is 5.73 Å². The number of hydrogen-bond donors (Lipinski definition) is 2. The fourth-order valence-electron chi connectivity index (χ4n) is 2.36. The minimum atomic E-state index is -0.466. The third-order valence-electron chi connectivity index (χ3n) is 3.48. The third kappa shape index (κ3) is 3.47. The summed E-state index contributed by atoms with van der Waals surface area (Å²) in [5.41, 5.74) is 6.71. The van der Waals surface area contributed by atoms with Crippen LogP contribution in [0, 0.1) is 10.1 Å². The molecule has 1 aromatic carbocycles. The Balaban J connectivity index is 2.18. The first-order valence-corrected chi connectivity index (χ1v) is 6.59. The number of carbonyl (C=O) groups is 1. The minimum absolute atomic E-state index is 0.0229. The van der Waals surface area contributed by atoms with Crippen LogP contribution in [0.4, 0.5) is 11.4 Å². The second-order valence-electron chi connectivity index (χ2n) is 4.82. The second-order valence-corrected chi connectivity index (χ2v) is 4.82. The van der Waals surface area contributed by atoms with Gasteiger partial charge in [-0.05, 0) is 11.6 Å². The molecule has 0 spiro atoms. The zero-order valence-electron chi connectivity index (χ0n) is 11.7. The Hall–Kier alpha value is -2.19. The van der Waals surface area contributed by atoms with Crippen LogP contribution in [-0.2, 0) is 16.1 Å². The number of rotatable bonds is 5. The number of nitrogens with zero attached hydrogens (tertiary/aromatic N) is 2. The Morgan fingerprint density at radius 2 is 2.38 bits per heavy atom. The van der Waals surface area contributed by atoms with E-state index in [9.17, 15) is 14.9 Å². The van der Waals surface area contributed by atoms with Gasteiger partial charge < -0.3 is 15.8 Å². The van der Waals surface area contributed by atoms with E-state index >= 15 is 0 Å². The molecule has 1 aromatic rings. The summed E-state index contributed by atoms with van der Waals surface area (Å²) in [6, 6.07) is 4.39. The van der Waals surface area contributed by atoms with Crippen LogP contribution in [0.25, 0.3) is 0 Å². The fourth-order valence-corrected chi connectivity index (χ4v) is 2.36. The van der Waals surface area contributed by atoms with Crippen molar-refractivity contribution in [2.45, 2.75) is 12.6 Å². The molecule has 1 fully saturated rings. The highest BCUT2D eigenvalue weighted by atomic mass is 16.6. The smallest absolute Gasteiger partial charge is 0.292 e. The zero-order valence-corrected chi connectivity index (χ0v) is 11.7. The van der Waals surface area contributed by atoms with Gasteiger partial charge in [0.05, 0.1) is 18.1 Å². The SMILES string of the molecule is CNc1cc(CN2CCOCC2C(N)=O)ccc1[N+](=O)[O-]. The molecule has 114 valence electrons. The lowest BCUT2D eigenvalue weighted by Gasteiger charge is -2.33. The quantitative estimate of drug-likeness (QED) is 0.598. The molecule has 1 amide bonds. The number of anilines is 1. The first kappa shape index (κ1) is 15.2. The van der Waals surface area contributed by atoms with Crippen LogP contribution < -0.4 is 11.1 Å². The molecule has 0 aliphatic carbocycles. The number of primary amides is 1. The van der Waals surface area contributed by atoms with Crippen LogP contribution in [0.3, 0.4) is 0 Å². The van der Waals surface area contributed by atoms with Crippen LogP contribution >= 0.6 is 0 Å². The molecule has 1 aliphatic heterocycles. The summed E-state index contributed by atoms with van der Waals surface area (Å²) in [6.45, 7) is 1.90. The average molecular weight is 294 g/mol. The molecule has 8 nitrogen and oxygen atoms in total. The van der Waals surface area contributed by atoms with E-state index in [-0.39, 0.29) is 12.3 Å². The standard InChI is InChI=1S/C13H18N4O4/c1-15-10-6-9(2-3-11(10)17(19)20)7-16-4-5-21-8-12(16)13(14)18/h2-3,6,12,15H,4-5,7-8H2,1H3,(H2,14,18). The van der Waals surface area contributed by atoms with E-state index in [0.717, 1.165) is 5.56 Å². The normalized spacial score (nSPS) is 19.2. The number of morpholine rings is 1. The van der Waals surface area contributed by atoms with Gasteiger partial charge in [-0.1, -0.05) is 6.07 Å². The molecule has 1 unspecified atom stereocenters. The number of benzene rings is 1. The predicted octanol–water partition coefficient (Wildman–Crippen LogP) is 0.323. The summed E-state index contributed by atoms with van der Waals surface area (Å²) in [5, 5.41) is 13.7.